The van der Waals surface area contributed by atoms with Crippen LogP contribution < -0.4 is 5.73 Å². The van der Waals surface area contributed by atoms with Crippen molar-refractivity contribution in [3.8, 4) is 0 Å². The van der Waals surface area contributed by atoms with E-state index in [1.807, 2.05) is 26.1 Å². The minimum absolute atomic E-state index is 0.440. The van der Waals surface area contributed by atoms with Crippen LogP contribution in [0.25, 0.3) is 0 Å². The van der Waals surface area contributed by atoms with Gasteiger partial charge in [0.15, 0.2) is 0 Å². The highest BCUT2D eigenvalue weighted by Gasteiger charge is 2.19. The van der Waals surface area contributed by atoms with Crippen molar-refractivity contribution in [2.75, 3.05) is 0 Å². The second kappa shape index (κ2) is 14.5. The van der Waals surface area contributed by atoms with Crippen molar-refractivity contribution in [1.29, 1.82) is 0 Å². The standard InChI is InChI=1S/C12H17N.C8H19N.C2H6/c1-10-5-7-11(8-6-10)12-4-2-3-9-13-12;1-4-5-8(9)6-7(2)3;1-2/h2-4,9-11H,5-8H2,1H3;7-8H,4-6,9H2,1-3H3;1-2H3/t;8-;/m.1./s1. The predicted molar refractivity (Wildman–Crippen MR) is 108 cm³/mol. The molecule has 1 fully saturated rings. The smallest absolute Gasteiger partial charge is 0.0434 e. The first kappa shape index (κ1) is 23.1. The minimum atomic E-state index is 0.440. The van der Waals surface area contributed by atoms with Crippen LogP contribution in [0.1, 0.15) is 98.1 Å². The summed E-state index contributed by atoms with van der Waals surface area (Å²) in [6, 6.07) is 6.70. The topological polar surface area (TPSA) is 38.9 Å². The van der Waals surface area contributed by atoms with E-state index in [-0.39, 0.29) is 0 Å². The normalized spacial score (nSPS) is 21.2. The van der Waals surface area contributed by atoms with E-state index in [9.17, 15) is 0 Å². The highest BCUT2D eigenvalue weighted by molar-refractivity contribution is 5.10. The lowest BCUT2D eigenvalue weighted by atomic mass is 9.81. The molecule has 0 bridgehead atoms. The molecule has 0 spiro atoms. The Morgan fingerprint density at radius 3 is 2.21 bits per heavy atom. The van der Waals surface area contributed by atoms with Crippen LogP contribution in [0.4, 0.5) is 0 Å². The Hall–Kier alpha value is -0.890. The maximum atomic E-state index is 5.79. The summed E-state index contributed by atoms with van der Waals surface area (Å²) in [5.74, 6) is 2.42. The average Bonchev–Trinajstić information content (AvgIpc) is 2.58. The Kier molecular flexibility index (Phi) is 13.9. The van der Waals surface area contributed by atoms with Crippen LogP contribution in [-0.2, 0) is 0 Å². The molecule has 24 heavy (non-hydrogen) atoms. The van der Waals surface area contributed by atoms with Crippen LogP contribution >= 0.6 is 0 Å². The molecule has 1 heterocycles. The van der Waals surface area contributed by atoms with Gasteiger partial charge in [0.05, 0.1) is 0 Å². The first-order valence-corrected chi connectivity index (χ1v) is 10.2. The van der Waals surface area contributed by atoms with Crippen LogP contribution in [0.15, 0.2) is 24.4 Å². The van der Waals surface area contributed by atoms with Gasteiger partial charge in [-0.15, -0.1) is 0 Å². The van der Waals surface area contributed by atoms with Gasteiger partial charge in [-0.3, -0.25) is 4.98 Å². The molecule has 2 nitrogen and oxygen atoms in total. The molecule has 2 N–H and O–H groups in total. The summed E-state index contributed by atoms with van der Waals surface area (Å²) >= 11 is 0. The van der Waals surface area contributed by atoms with Gasteiger partial charge in [-0.2, -0.15) is 0 Å². The summed E-state index contributed by atoms with van der Waals surface area (Å²) in [5.41, 5.74) is 7.09. The maximum absolute atomic E-state index is 5.79. The average molecular weight is 335 g/mol. The summed E-state index contributed by atoms with van der Waals surface area (Å²) in [6.07, 6.45) is 10.9. The number of hydrogen-bond donors (Lipinski definition) is 1. The third-order valence-corrected chi connectivity index (χ3v) is 4.56. The molecule has 2 rings (SSSR count). The number of nitrogens with two attached hydrogens (primary N) is 1. The first-order valence-electron chi connectivity index (χ1n) is 10.2. The van der Waals surface area contributed by atoms with Crippen molar-refractivity contribution in [3.05, 3.63) is 30.1 Å². The van der Waals surface area contributed by atoms with Crippen LogP contribution in [0, 0.1) is 11.8 Å². The molecule has 1 aliphatic rings. The van der Waals surface area contributed by atoms with Gasteiger partial charge in [0.1, 0.15) is 0 Å². The molecule has 1 aromatic rings. The van der Waals surface area contributed by atoms with Gasteiger partial charge in [0.25, 0.3) is 0 Å². The van der Waals surface area contributed by atoms with Gasteiger partial charge < -0.3 is 5.73 Å². The zero-order chi connectivity index (χ0) is 18.4. The lowest BCUT2D eigenvalue weighted by molar-refractivity contribution is 0.344. The van der Waals surface area contributed by atoms with Crippen LogP contribution in [0.5, 0.6) is 0 Å². The zero-order valence-electron chi connectivity index (χ0n) is 17.1. The molecule has 140 valence electrons. The van der Waals surface area contributed by atoms with E-state index in [1.54, 1.807) is 0 Å². The van der Waals surface area contributed by atoms with Crippen LogP contribution in [0.3, 0.4) is 0 Å². The van der Waals surface area contributed by atoms with Gasteiger partial charge in [-0.1, -0.05) is 66.9 Å². The maximum Gasteiger partial charge on any atom is 0.0434 e. The summed E-state index contributed by atoms with van der Waals surface area (Å²) in [4.78, 5) is 4.43. The second-order valence-electron chi connectivity index (χ2n) is 7.39. The van der Waals surface area contributed by atoms with Gasteiger partial charge >= 0.3 is 0 Å². The molecule has 0 unspecified atom stereocenters. The molecule has 1 saturated carbocycles. The molecule has 0 aromatic carbocycles. The summed E-state index contributed by atoms with van der Waals surface area (Å²) in [6.45, 7) is 13.0. The number of nitrogens with zero attached hydrogens (tertiary/aromatic N) is 1. The molecule has 1 aromatic heterocycles. The Bertz CT molecular complexity index is 367. The highest BCUT2D eigenvalue weighted by atomic mass is 14.7. The van der Waals surface area contributed by atoms with E-state index in [0.29, 0.717) is 6.04 Å². The molecule has 2 heteroatoms. The Morgan fingerprint density at radius 2 is 1.75 bits per heavy atom. The number of rotatable bonds is 5. The van der Waals surface area contributed by atoms with Gasteiger partial charge in [-0.25, -0.2) is 0 Å². The summed E-state index contributed by atoms with van der Waals surface area (Å²) in [7, 11) is 0. The lowest BCUT2D eigenvalue weighted by Crippen LogP contribution is -2.21. The Morgan fingerprint density at radius 1 is 1.12 bits per heavy atom. The molecule has 0 amide bonds. The zero-order valence-corrected chi connectivity index (χ0v) is 17.1. The summed E-state index contributed by atoms with van der Waals surface area (Å²) in [5, 5.41) is 0. The van der Waals surface area contributed by atoms with E-state index in [4.69, 9.17) is 5.73 Å². The molecule has 1 aliphatic carbocycles. The number of hydrogen-bond acceptors (Lipinski definition) is 2. The third-order valence-electron chi connectivity index (χ3n) is 4.56. The molecule has 1 atom stereocenters. The minimum Gasteiger partial charge on any atom is -0.328 e. The number of pyridine rings is 1. The fraction of sp³-hybridized carbons (Fsp3) is 0.773. The third kappa shape index (κ3) is 10.8. The van der Waals surface area contributed by atoms with Gasteiger partial charge in [-0.05, 0) is 49.7 Å². The Labute approximate surface area is 151 Å². The summed E-state index contributed by atoms with van der Waals surface area (Å²) < 4.78 is 0. The quantitative estimate of drug-likeness (QED) is 0.662. The van der Waals surface area contributed by atoms with E-state index in [2.05, 4.69) is 44.8 Å². The predicted octanol–water partition coefficient (Wildman–Crippen LogP) is 6.56. The van der Waals surface area contributed by atoms with Gasteiger partial charge in [0, 0.05) is 23.9 Å². The van der Waals surface area contributed by atoms with Crippen molar-refractivity contribution in [2.24, 2.45) is 17.6 Å². The highest BCUT2D eigenvalue weighted by Crippen LogP contribution is 2.34. The van der Waals surface area contributed by atoms with Crippen molar-refractivity contribution in [3.63, 3.8) is 0 Å². The fourth-order valence-electron chi connectivity index (χ4n) is 3.27. The molecule has 0 aliphatic heterocycles. The molecular weight excluding hydrogens is 292 g/mol. The van der Waals surface area contributed by atoms with Crippen LogP contribution in [-0.4, -0.2) is 11.0 Å². The monoisotopic (exact) mass is 334 g/mol. The fourth-order valence-corrected chi connectivity index (χ4v) is 3.27. The number of aromatic nitrogens is 1. The second-order valence-corrected chi connectivity index (χ2v) is 7.39. The van der Waals surface area contributed by atoms with E-state index < -0.39 is 0 Å². The first-order chi connectivity index (χ1) is 11.5. The van der Waals surface area contributed by atoms with Crippen molar-refractivity contribution in [2.45, 2.75) is 98.4 Å². The molecule has 0 radical (unpaired) electrons. The van der Waals surface area contributed by atoms with Crippen molar-refractivity contribution >= 4 is 0 Å². The lowest BCUT2D eigenvalue weighted by Gasteiger charge is -2.25. The van der Waals surface area contributed by atoms with Crippen LogP contribution in [0.2, 0.25) is 0 Å². The van der Waals surface area contributed by atoms with Gasteiger partial charge in [0.2, 0.25) is 0 Å². The largest absolute Gasteiger partial charge is 0.328 e. The van der Waals surface area contributed by atoms with E-state index >= 15 is 0 Å². The molecule has 0 saturated heterocycles. The SMILES string of the molecule is CC.CC1CCC(c2ccccn2)CC1.CCC[C@@H](N)CC(C)C. The molecular formula is C22H42N2. The van der Waals surface area contributed by atoms with E-state index in [0.717, 1.165) is 17.8 Å². The van der Waals surface area contributed by atoms with Crippen molar-refractivity contribution in [1.82, 2.24) is 4.98 Å². The Balaban J connectivity index is 0.000000426. The van der Waals surface area contributed by atoms with E-state index in [1.165, 1.54) is 50.6 Å². The van der Waals surface area contributed by atoms with Crippen molar-refractivity contribution < 1.29 is 0 Å².